The van der Waals surface area contributed by atoms with Gasteiger partial charge in [0.05, 0.1) is 13.2 Å². The Labute approximate surface area is 115 Å². The highest BCUT2D eigenvalue weighted by Crippen LogP contribution is 2.15. The zero-order valence-electron chi connectivity index (χ0n) is 10.2. The van der Waals surface area contributed by atoms with E-state index in [0.29, 0.717) is 26.2 Å². The lowest BCUT2D eigenvalue weighted by Crippen LogP contribution is -2.41. The van der Waals surface area contributed by atoms with Crippen molar-refractivity contribution < 1.29 is 9.53 Å². The molecule has 2 rings (SSSR count). The predicted octanol–water partition coefficient (Wildman–Crippen LogP) is 2.11. The number of carbonyl (C=O) groups is 1. The Kier molecular flexibility index (Phi) is 5.01. The summed E-state index contributed by atoms with van der Waals surface area (Å²) in [6.07, 6.45) is 0.520. The van der Waals surface area contributed by atoms with Crippen molar-refractivity contribution in [1.82, 2.24) is 4.90 Å². The molecular weight excluding hydrogens is 296 g/mol. The molecule has 1 amide bonds. The zero-order valence-corrected chi connectivity index (χ0v) is 11.8. The van der Waals surface area contributed by atoms with Crippen molar-refractivity contribution in [2.75, 3.05) is 38.2 Å². The van der Waals surface area contributed by atoms with E-state index >= 15 is 0 Å². The van der Waals surface area contributed by atoms with E-state index in [1.807, 2.05) is 29.2 Å². The fourth-order valence-corrected chi connectivity index (χ4v) is 2.28. The molecular formula is C13H17BrN2O2. The van der Waals surface area contributed by atoms with Crippen LogP contribution in [0.5, 0.6) is 0 Å². The number of hydrogen-bond acceptors (Lipinski definition) is 3. The van der Waals surface area contributed by atoms with Gasteiger partial charge < -0.3 is 15.0 Å². The molecule has 1 fully saturated rings. The molecule has 0 unspecified atom stereocenters. The van der Waals surface area contributed by atoms with E-state index in [1.165, 1.54) is 0 Å². The van der Waals surface area contributed by atoms with E-state index in [-0.39, 0.29) is 5.91 Å². The van der Waals surface area contributed by atoms with E-state index in [1.54, 1.807) is 0 Å². The second kappa shape index (κ2) is 6.75. The molecule has 1 saturated heterocycles. The van der Waals surface area contributed by atoms with Crippen molar-refractivity contribution >= 4 is 27.5 Å². The van der Waals surface area contributed by atoms with Gasteiger partial charge in [0.25, 0.3) is 0 Å². The van der Waals surface area contributed by atoms with Crippen molar-refractivity contribution in [1.29, 1.82) is 0 Å². The number of nitrogens with zero attached hydrogens (tertiary/aromatic N) is 1. The summed E-state index contributed by atoms with van der Waals surface area (Å²) in [6.45, 7) is 3.41. The highest BCUT2D eigenvalue weighted by molar-refractivity contribution is 9.10. The predicted molar refractivity (Wildman–Crippen MR) is 74.6 cm³/mol. The maximum absolute atomic E-state index is 11.9. The van der Waals surface area contributed by atoms with Gasteiger partial charge in [0.2, 0.25) is 5.91 Å². The summed E-state index contributed by atoms with van der Waals surface area (Å²) in [7, 11) is 0. The molecule has 1 aromatic rings. The molecule has 0 saturated carbocycles. The second-order valence-electron chi connectivity index (χ2n) is 4.18. The topological polar surface area (TPSA) is 41.6 Å². The van der Waals surface area contributed by atoms with Crippen LogP contribution in [0.2, 0.25) is 0 Å². The largest absolute Gasteiger partial charge is 0.384 e. The van der Waals surface area contributed by atoms with Crippen LogP contribution in [-0.4, -0.2) is 43.7 Å². The maximum atomic E-state index is 11.9. The number of anilines is 1. The molecule has 1 aliphatic heterocycles. The first kappa shape index (κ1) is 13.4. The lowest BCUT2D eigenvalue weighted by Gasteiger charge is -2.26. The van der Waals surface area contributed by atoms with Crippen LogP contribution < -0.4 is 5.32 Å². The van der Waals surface area contributed by atoms with Crippen molar-refractivity contribution in [2.24, 2.45) is 0 Å². The first-order valence-electron chi connectivity index (χ1n) is 6.10. The van der Waals surface area contributed by atoms with Crippen molar-refractivity contribution in [3.63, 3.8) is 0 Å². The van der Waals surface area contributed by atoms with E-state index < -0.39 is 0 Å². The van der Waals surface area contributed by atoms with Gasteiger partial charge in [-0.05, 0) is 18.2 Å². The molecule has 18 heavy (non-hydrogen) atoms. The number of halogens is 1. The van der Waals surface area contributed by atoms with E-state index in [4.69, 9.17) is 4.74 Å². The van der Waals surface area contributed by atoms with Gasteiger partial charge in [0.1, 0.15) is 0 Å². The molecule has 4 nitrogen and oxygen atoms in total. The lowest BCUT2D eigenvalue weighted by molar-refractivity contribution is -0.134. The average Bonchev–Trinajstić information content (AvgIpc) is 2.40. The fourth-order valence-electron chi connectivity index (χ4n) is 1.88. The van der Waals surface area contributed by atoms with Crippen LogP contribution in [0, 0.1) is 0 Å². The smallest absolute Gasteiger partial charge is 0.224 e. The summed E-state index contributed by atoms with van der Waals surface area (Å²) in [5.41, 5.74) is 1.03. The Morgan fingerprint density at radius 2 is 2.17 bits per heavy atom. The molecule has 0 bridgehead atoms. The Morgan fingerprint density at radius 3 is 2.89 bits per heavy atom. The number of hydrogen-bond donors (Lipinski definition) is 1. The summed E-state index contributed by atoms with van der Waals surface area (Å²) in [5, 5.41) is 3.25. The van der Waals surface area contributed by atoms with E-state index in [0.717, 1.165) is 23.2 Å². The van der Waals surface area contributed by atoms with Gasteiger partial charge in [-0.15, -0.1) is 0 Å². The van der Waals surface area contributed by atoms with Crippen LogP contribution >= 0.6 is 15.9 Å². The third kappa shape index (κ3) is 3.99. The molecule has 1 aromatic carbocycles. The summed E-state index contributed by atoms with van der Waals surface area (Å²) in [6, 6.07) is 7.93. The van der Waals surface area contributed by atoms with Crippen LogP contribution in [-0.2, 0) is 9.53 Å². The minimum absolute atomic E-state index is 0.195. The van der Waals surface area contributed by atoms with Gasteiger partial charge >= 0.3 is 0 Å². The Balaban J connectivity index is 1.73. The summed E-state index contributed by atoms with van der Waals surface area (Å²) in [4.78, 5) is 13.7. The van der Waals surface area contributed by atoms with Crippen LogP contribution in [0.25, 0.3) is 0 Å². The number of amides is 1. The Hall–Kier alpha value is -1.07. The number of ether oxygens (including phenoxy) is 1. The molecule has 0 aromatic heterocycles. The van der Waals surface area contributed by atoms with Crippen molar-refractivity contribution in [3.05, 3.63) is 28.7 Å². The van der Waals surface area contributed by atoms with Gasteiger partial charge in [-0.1, -0.05) is 22.0 Å². The normalized spacial score (nSPS) is 15.5. The molecule has 1 N–H and O–H groups in total. The summed E-state index contributed by atoms with van der Waals surface area (Å²) >= 11 is 3.42. The van der Waals surface area contributed by atoms with Crippen LogP contribution in [0.15, 0.2) is 28.7 Å². The van der Waals surface area contributed by atoms with Gasteiger partial charge in [-0.3, -0.25) is 4.79 Å². The summed E-state index contributed by atoms with van der Waals surface area (Å²) in [5.74, 6) is 0.195. The Morgan fingerprint density at radius 1 is 1.39 bits per heavy atom. The standard InChI is InChI=1S/C13H17BrN2O2/c14-11-2-1-3-12(10-11)15-5-4-13(17)16-6-8-18-9-7-16/h1-3,10,15H,4-9H2. The van der Waals surface area contributed by atoms with Gasteiger partial charge in [-0.2, -0.15) is 0 Å². The Bertz CT molecular complexity index is 406. The van der Waals surface area contributed by atoms with Crippen molar-refractivity contribution in [3.8, 4) is 0 Å². The molecule has 0 aliphatic carbocycles. The minimum Gasteiger partial charge on any atom is -0.384 e. The summed E-state index contributed by atoms with van der Waals surface area (Å²) < 4.78 is 6.26. The minimum atomic E-state index is 0.195. The number of nitrogens with one attached hydrogen (secondary N) is 1. The van der Waals surface area contributed by atoms with Crippen LogP contribution in [0.3, 0.4) is 0 Å². The fraction of sp³-hybridized carbons (Fsp3) is 0.462. The first-order chi connectivity index (χ1) is 8.75. The molecule has 98 valence electrons. The SMILES string of the molecule is O=C(CCNc1cccc(Br)c1)N1CCOCC1. The zero-order chi connectivity index (χ0) is 12.8. The molecule has 1 heterocycles. The number of morpholine rings is 1. The third-order valence-corrected chi connectivity index (χ3v) is 3.35. The van der Waals surface area contributed by atoms with Crippen LogP contribution in [0.4, 0.5) is 5.69 Å². The monoisotopic (exact) mass is 312 g/mol. The van der Waals surface area contributed by atoms with Crippen LogP contribution in [0.1, 0.15) is 6.42 Å². The van der Waals surface area contributed by atoms with Crippen molar-refractivity contribution in [2.45, 2.75) is 6.42 Å². The van der Waals surface area contributed by atoms with Gasteiger partial charge in [0.15, 0.2) is 0 Å². The average molecular weight is 313 g/mol. The van der Waals surface area contributed by atoms with Gasteiger partial charge in [-0.25, -0.2) is 0 Å². The first-order valence-corrected chi connectivity index (χ1v) is 6.90. The van der Waals surface area contributed by atoms with Gasteiger partial charge in [0, 0.05) is 36.2 Å². The van der Waals surface area contributed by atoms with E-state index in [9.17, 15) is 4.79 Å². The number of carbonyl (C=O) groups excluding carboxylic acids is 1. The highest BCUT2D eigenvalue weighted by atomic mass is 79.9. The second-order valence-corrected chi connectivity index (χ2v) is 5.10. The number of benzene rings is 1. The molecule has 0 atom stereocenters. The lowest BCUT2D eigenvalue weighted by atomic mass is 10.3. The molecule has 5 heteroatoms. The molecule has 0 radical (unpaired) electrons. The quantitative estimate of drug-likeness (QED) is 0.926. The van der Waals surface area contributed by atoms with E-state index in [2.05, 4.69) is 21.2 Å². The third-order valence-electron chi connectivity index (χ3n) is 2.86. The maximum Gasteiger partial charge on any atom is 0.224 e. The highest BCUT2D eigenvalue weighted by Gasteiger charge is 2.15. The molecule has 0 spiro atoms. The number of rotatable bonds is 4. The molecule has 1 aliphatic rings.